The lowest BCUT2D eigenvalue weighted by molar-refractivity contribution is -0.139. The lowest BCUT2D eigenvalue weighted by atomic mass is 10.1. The molecule has 0 fully saturated rings. The fourth-order valence-corrected chi connectivity index (χ4v) is 2.05. The van der Waals surface area contributed by atoms with Gasteiger partial charge in [0, 0.05) is 0 Å². The SMILES string of the molecule is Cc1cccc(OC(=O)c2cncs2)c1C(F)(F)F. The number of esters is 1. The molecular formula is C12H8F3NO2S. The van der Waals surface area contributed by atoms with Gasteiger partial charge in [-0.15, -0.1) is 11.3 Å². The summed E-state index contributed by atoms with van der Waals surface area (Å²) in [5.74, 6) is -1.34. The molecule has 0 unspecified atom stereocenters. The summed E-state index contributed by atoms with van der Waals surface area (Å²) in [7, 11) is 0. The van der Waals surface area contributed by atoms with Gasteiger partial charge in [0.2, 0.25) is 0 Å². The van der Waals surface area contributed by atoms with E-state index in [1.54, 1.807) is 0 Å². The summed E-state index contributed by atoms with van der Waals surface area (Å²) >= 11 is 1.00. The van der Waals surface area contributed by atoms with Gasteiger partial charge in [0.25, 0.3) is 0 Å². The average Bonchev–Trinajstić information content (AvgIpc) is 2.80. The first-order chi connectivity index (χ1) is 8.89. The number of rotatable bonds is 2. The lowest BCUT2D eigenvalue weighted by Crippen LogP contribution is -2.14. The summed E-state index contributed by atoms with van der Waals surface area (Å²) in [6.45, 7) is 1.31. The highest BCUT2D eigenvalue weighted by atomic mass is 32.1. The van der Waals surface area contributed by atoms with Crippen molar-refractivity contribution in [1.29, 1.82) is 0 Å². The fourth-order valence-electron chi connectivity index (χ4n) is 1.56. The molecule has 0 N–H and O–H groups in total. The standard InChI is InChI=1S/C12H8F3NO2S/c1-7-3-2-4-8(10(7)12(13,14)15)18-11(17)9-5-16-6-19-9/h2-6H,1H3. The van der Waals surface area contributed by atoms with E-state index in [-0.39, 0.29) is 10.4 Å². The molecule has 0 amide bonds. The van der Waals surface area contributed by atoms with E-state index in [1.807, 2.05) is 0 Å². The third-order valence-corrected chi connectivity index (χ3v) is 3.11. The number of aromatic nitrogens is 1. The molecule has 100 valence electrons. The average molecular weight is 287 g/mol. The van der Waals surface area contributed by atoms with Crippen molar-refractivity contribution in [3.63, 3.8) is 0 Å². The molecule has 3 nitrogen and oxygen atoms in total. The lowest BCUT2D eigenvalue weighted by Gasteiger charge is -2.14. The third-order valence-electron chi connectivity index (χ3n) is 2.35. The highest BCUT2D eigenvalue weighted by Gasteiger charge is 2.36. The molecule has 0 saturated heterocycles. The van der Waals surface area contributed by atoms with Crippen LogP contribution in [-0.2, 0) is 6.18 Å². The quantitative estimate of drug-likeness (QED) is 0.624. The van der Waals surface area contributed by atoms with E-state index < -0.39 is 23.5 Å². The molecule has 1 aromatic carbocycles. The van der Waals surface area contributed by atoms with E-state index in [0.29, 0.717) is 0 Å². The first-order valence-corrected chi connectivity index (χ1v) is 6.05. The third kappa shape index (κ3) is 2.93. The smallest absolute Gasteiger partial charge is 0.420 e. The highest BCUT2D eigenvalue weighted by molar-refractivity contribution is 7.11. The topological polar surface area (TPSA) is 39.2 Å². The summed E-state index contributed by atoms with van der Waals surface area (Å²) < 4.78 is 43.5. The summed E-state index contributed by atoms with van der Waals surface area (Å²) in [6, 6.07) is 3.83. The maximum Gasteiger partial charge on any atom is 0.420 e. The number of hydrogen-bond acceptors (Lipinski definition) is 4. The van der Waals surface area contributed by atoms with Crippen LogP contribution in [0.3, 0.4) is 0 Å². The van der Waals surface area contributed by atoms with Gasteiger partial charge in [-0.25, -0.2) is 4.79 Å². The number of thiazole rings is 1. The van der Waals surface area contributed by atoms with Gasteiger partial charge < -0.3 is 4.74 Å². The number of nitrogens with zero attached hydrogens (tertiary/aromatic N) is 1. The van der Waals surface area contributed by atoms with Crippen molar-refractivity contribution in [2.75, 3.05) is 0 Å². The number of benzene rings is 1. The first kappa shape index (κ1) is 13.5. The highest BCUT2D eigenvalue weighted by Crippen LogP contribution is 2.38. The predicted molar refractivity (Wildman–Crippen MR) is 63.3 cm³/mol. The minimum Gasteiger partial charge on any atom is -0.422 e. The molecule has 7 heteroatoms. The maximum atomic E-state index is 12.9. The Morgan fingerprint density at radius 1 is 1.37 bits per heavy atom. The van der Waals surface area contributed by atoms with Crippen molar-refractivity contribution in [1.82, 2.24) is 4.98 Å². The predicted octanol–water partition coefficient (Wildman–Crippen LogP) is 3.69. The number of alkyl halides is 3. The van der Waals surface area contributed by atoms with Crippen molar-refractivity contribution in [3.05, 3.63) is 45.9 Å². The number of carbonyl (C=O) groups excluding carboxylic acids is 1. The van der Waals surface area contributed by atoms with Gasteiger partial charge in [0.1, 0.15) is 16.2 Å². The summed E-state index contributed by atoms with van der Waals surface area (Å²) in [5.41, 5.74) is 0.465. The second kappa shape index (κ2) is 5.00. The molecule has 0 spiro atoms. The van der Waals surface area contributed by atoms with Crippen LogP contribution in [0.15, 0.2) is 29.9 Å². The van der Waals surface area contributed by atoms with E-state index in [9.17, 15) is 18.0 Å². The normalized spacial score (nSPS) is 11.4. The molecule has 0 aliphatic heterocycles. The van der Waals surface area contributed by atoms with Crippen LogP contribution in [0.4, 0.5) is 13.2 Å². The molecule has 2 aromatic rings. The van der Waals surface area contributed by atoms with Crippen molar-refractivity contribution < 1.29 is 22.7 Å². The Hall–Kier alpha value is -1.89. The van der Waals surface area contributed by atoms with E-state index in [4.69, 9.17) is 4.74 Å². The van der Waals surface area contributed by atoms with Crippen LogP contribution >= 0.6 is 11.3 Å². The van der Waals surface area contributed by atoms with E-state index in [1.165, 1.54) is 30.8 Å². The molecule has 1 heterocycles. The van der Waals surface area contributed by atoms with E-state index in [2.05, 4.69) is 4.98 Å². The molecule has 2 rings (SSSR count). The summed E-state index contributed by atoms with van der Waals surface area (Å²) in [6.07, 6.45) is -3.33. The number of carbonyl (C=O) groups is 1. The Morgan fingerprint density at radius 2 is 2.11 bits per heavy atom. The van der Waals surface area contributed by atoms with Crippen LogP contribution in [0.2, 0.25) is 0 Å². The molecular weight excluding hydrogens is 279 g/mol. The van der Waals surface area contributed by atoms with Crippen LogP contribution in [0, 0.1) is 6.92 Å². The van der Waals surface area contributed by atoms with Gasteiger partial charge in [-0.2, -0.15) is 13.2 Å². The van der Waals surface area contributed by atoms with Gasteiger partial charge in [-0.3, -0.25) is 4.98 Å². The van der Waals surface area contributed by atoms with Gasteiger partial charge in [0.05, 0.1) is 11.7 Å². The van der Waals surface area contributed by atoms with Crippen LogP contribution in [-0.4, -0.2) is 11.0 Å². The van der Waals surface area contributed by atoms with Crippen LogP contribution in [0.5, 0.6) is 5.75 Å². The van der Waals surface area contributed by atoms with Gasteiger partial charge in [-0.05, 0) is 18.6 Å². The zero-order chi connectivity index (χ0) is 14.0. The second-order valence-electron chi connectivity index (χ2n) is 3.70. The maximum absolute atomic E-state index is 12.9. The number of ether oxygens (including phenoxy) is 1. The Morgan fingerprint density at radius 3 is 2.68 bits per heavy atom. The Bertz CT molecular complexity index is 594. The number of hydrogen-bond donors (Lipinski definition) is 0. The summed E-state index contributed by atoms with van der Waals surface area (Å²) in [5, 5.41) is 0. The van der Waals surface area contributed by atoms with Gasteiger partial charge in [0.15, 0.2) is 0 Å². The van der Waals surface area contributed by atoms with Crippen LogP contribution < -0.4 is 4.74 Å². The van der Waals surface area contributed by atoms with Crippen LogP contribution in [0.1, 0.15) is 20.8 Å². The zero-order valence-corrected chi connectivity index (χ0v) is 10.5. The molecule has 0 aliphatic rings. The molecule has 0 saturated carbocycles. The first-order valence-electron chi connectivity index (χ1n) is 5.17. The van der Waals surface area contributed by atoms with Crippen LogP contribution in [0.25, 0.3) is 0 Å². The monoisotopic (exact) mass is 287 g/mol. The molecule has 1 aromatic heterocycles. The van der Waals surface area contributed by atoms with E-state index in [0.717, 1.165) is 17.4 Å². The molecule has 19 heavy (non-hydrogen) atoms. The van der Waals surface area contributed by atoms with Gasteiger partial charge >= 0.3 is 12.1 Å². The summed E-state index contributed by atoms with van der Waals surface area (Å²) in [4.78, 5) is 15.5. The van der Waals surface area contributed by atoms with Crippen molar-refractivity contribution >= 4 is 17.3 Å². The minimum atomic E-state index is -4.57. The van der Waals surface area contributed by atoms with Crippen molar-refractivity contribution in [2.45, 2.75) is 13.1 Å². The second-order valence-corrected chi connectivity index (χ2v) is 4.59. The Labute approximate surface area is 110 Å². The Balaban J connectivity index is 2.36. The Kier molecular flexibility index (Phi) is 3.57. The molecule has 0 radical (unpaired) electrons. The molecule has 0 bridgehead atoms. The van der Waals surface area contributed by atoms with Gasteiger partial charge in [-0.1, -0.05) is 12.1 Å². The number of halogens is 3. The largest absolute Gasteiger partial charge is 0.422 e. The minimum absolute atomic E-state index is 0.00195. The molecule has 0 atom stereocenters. The van der Waals surface area contributed by atoms with Crippen molar-refractivity contribution in [3.8, 4) is 5.75 Å². The molecule has 0 aliphatic carbocycles. The number of aryl methyl sites for hydroxylation is 1. The van der Waals surface area contributed by atoms with Crippen molar-refractivity contribution in [2.24, 2.45) is 0 Å². The fraction of sp³-hybridized carbons (Fsp3) is 0.167. The van der Waals surface area contributed by atoms with E-state index >= 15 is 0 Å². The zero-order valence-electron chi connectivity index (χ0n) is 9.69.